The van der Waals surface area contributed by atoms with Gasteiger partial charge in [-0.05, 0) is 112 Å². The molecule has 0 amide bonds. The summed E-state index contributed by atoms with van der Waals surface area (Å²) >= 11 is 8.72. The van der Waals surface area contributed by atoms with Crippen LogP contribution in [0.2, 0.25) is 5.02 Å². The molecule has 7 nitrogen and oxygen atoms in total. The van der Waals surface area contributed by atoms with Gasteiger partial charge in [-0.3, -0.25) is 9.59 Å². The fraction of sp³-hybridized carbons (Fsp3) is 0.412. The zero-order valence-electron chi connectivity index (χ0n) is 24.8. The van der Waals surface area contributed by atoms with Crippen molar-refractivity contribution in [3.63, 3.8) is 0 Å². The van der Waals surface area contributed by atoms with Crippen LogP contribution in [0.4, 0.5) is 11.5 Å². The second-order valence-electron chi connectivity index (χ2n) is 12.6. The molecule has 9 heteroatoms. The van der Waals surface area contributed by atoms with Gasteiger partial charge in [0.15, 0.2) is 11.6 Å². The number of hydrogen-bond donors (Lipinski definition) is 1. The summed E-state index contributed by atoms with van der Waals surface area (Å²) in [6, 6.07) is 11.8. The van der Waals surface area contributed by atoms with Gasteiger partial charge in [0.2, 0.25) is 0 Å². The van der Waals surface area contributed by atoms with Crippen LogP contribution < -0.4 is 10.9 Å². The summed E-state index contributed by atoms with van der Waals surface area (Å²) in [6.45, 7) is 4.11. The second-order valence-corrected chi connectivity index (χ2v) is 14.0. The van der Waals surface area contributed by atoms with Crippen molar-refractivity contribution < 1.29 is 4.79 Å². The Kier molecular flexibility index (Phi) is 7.48. The first-order valence-corrected chi connectivity index (χ1v) is 16.4. The molecule has 0 radical (unpaired) electrons. The number of fused-ring (bicyclic) bond motifs is 5. The van der Waals surface area contributed by atoms with Crippen LogP contribution >= 0.6 is 22.9 Å². The molecule has 43 heavy (non-hydrogen) atoms. The van der Waals surface area contributed by atoms with E-state index in [1.54, 1.807) is 35.2 Å². The van der Waals surface area contributed by atoms with Gasteiger partial charge >= 0.3 is 0 Å². The molecule has 2 bridgehead atoms. The minimum absolute atomic E-state index is 0.117. The van der Waals surface area contributed by atoms with Crippen LogP contribution in [0.15, 0.2) is 47.4 Å². The fourth-order valence-electron chi connectivity index (χ4n) is 7.12. The predicted molar refractivity (Wildman–Crippen MR) is 173 cm³/mol. The monoisotopic (exact) mass is 613 g/mol. The fourth-order valence-corrected chi connectivity index (χ4v) is 8.84. The number of thiophene rings is 1. The minimum Gasteiger partial charge on any atom is -0.334 e. The number of benzene rings is 1. The molecule has 1 aromatic carbocycles. The Labute approximate surface area is 260 Å². The molecule has 2 aliphatic carbocycles. The lowest BCUT2D eigenvalue weighted by atomic mass is 9.94. The van der Waals surface area contributed by atoms with Crippen LogP contribution in [0, 0.1) is 6.92 Å². The number of piperidine rings is 1. The van der Waals surface area contributed by atoms with Gasteiger partial charge < -0.3 is 14.8 Å². The minimum atomic E-state index is -0.178. The highest BCUT2D eigenvalue weighted by Crippen LogP contribution is 2.56. The molecule has 1 aliphatic heterocycles. The average molecular weight is 614 g/mol. The Balaban J connectivity index is 1.13. The van der Waals surface area contributed by atoms with Gasteiger partial charge in [-0.2, -0.15) is 5.10 Å². The lowest BCUT2D eigenvalue weighted by Crippen LogP contribution is -2.29. The lowest BCUT2D eigenvalue weighted by Gasteiger charge is -2.28. The van der Waals surface area contributed by atoms with Crippen LogP contribution in [0.5, 0.6) is 0 Å². The van der Waals surface area contributed by atoms with Crippen molar-refractivity contribution in [3.8, 4) is 11.1 Å². The van der Waals surface area contributed by atoms with Crippen molar-refractivity contribution >= 4 is 40.2 Å². The first kappa shape index (κ1) is 28.4. The number of hydrogen-bond acceptors (Lipinski definition) is 7. The molecular formula is C34H36ClN5O2S. The Bertz CT molecular complexity index is 1740. The summed E-state index contributed by atoms with van der Waals surface area (Å²) in [5, 5.41) is 12.6. The number of Topliss-reactive ketones (excluding diaryl/α,β-unsaturated/α-hetero) is 1. The van der Waals surface area contributed by atoms with E-state index >= 15 is 0 Å². The highest BCUT2D eigenvalue weighted by Gasteiger charge is 2.39. The Morgan fingerprint density at radius 1 is 1.02 bits per heavy atom. The molecule has 222 valence electrons. The molecule has 4 heterocycles. The van der Waals surface area contributed by atoms with E-state index in [0.29, 0.717) is 34.3 Å². The van der Waals surface area contributed by atoms with Crippen LogP contribution in [0.25, 0.3) is 11.1 Å². The number of nitrogens with zero attached hydrogens (tertiary/aromatic N) is 4. The third-order valence-electron chi connectivity index (χ3n) is 9.70. The summed E-state index contributed by atoms with van der Waals surface area (Å²) in [6.07, 6.45) is 7.94. The summed E-state index contributed by atoms with van der Waals surface area (Å²) in [5.41, 5.74) is 5.99. The number of pyridine rings is 1. The van der Waals surface area contributed by atoms with Crippen molar-refractivity contribution in [1.29, 1.82) is 0 Å². The van der Waals surface area contributed by atoms with Crippen molar-refractivity contribution in [2.24, 2.45) is 7.05 Å². The summed E-state index contributed by atoms with van der Waals surface area (Å²) < 4.78 is 1.54. The van der Waals surface area contributed by atoms with Gasteiger partial charge in [0.05, 0.1) is 15.6 Å². The number of halogens is 1. The molecule has 2 fully saturated rings. The van der Waals surface area contributed by atoms with Crippen molar-refractivity contribution in [2.75, 3.05) is 25.5 Å². The third kappa shape index (κ3) is 5.34. The Morgan fingerprint density at radius 2 is 1.81 bits per heavy atom. The number of nitrogens with one attached hydrogen (secondary N) is 1. The SMILES string of the molecule is Cc1ccc(-c2cc(Nc3ccc(C4CCN(C)CC4)nn3)c(=O)n(C)c2)c(Cl)c1CC(=O)c1cc2c(s1)C1CCC2C1. The van der Waals surface area contributed by atoms with E-state index in [1.807, 2.05) is 31.2 Å². The summed E-state index contributed by atoms with van der Waals surface area (Å²) in [4.78, 5) is 31.2. The van der Waals surface area contributed by atoms with E-state index in [1.165, 1.54) is 29.7 Å². The molecule has 0 spiro atoms. The van der Waals surface area contributed by atoms with E-state index in [4.69, 9.17) is 11.6 Å². The van der Waals surface area contributed by atoms with Gasteiger partial charge in [-0.1, -0.05) is 23.7 Å². The molecule has 1 saturated carbocycles. The molecule has 7 rings (SSSR count). The largest absolute Gasteiger partial charge is 0.334 e. The standard InChI is InChI=1S/C34H36ClN5O2S/c1-19-4-7-24(32(35)25(19)16-29(41)30-17-26-21-5-6-22(14-21)33(26)43-30)23-15-28(34(42)40(3)18-23)36-31-9-8-27(37-38-31)20-10-12-39(2)13-11-20/h4,7-9,15,17-18,20-22H,5-6,10-14,16H2,1-3H3,(H,36,38). The molecule has 3 aromatic heterocycles. The zero-order chi connectivity index (χ0) is 29.8. The van der Waals surface area contributed by atoms with E-state index in [0.717, 1.165) is 58.8 Å². The van der Waals surface area contributed by atoms with Gasteiger partial charge in [0, 0.05) is 41.6 Å². The van der Waals surface area contributed by atoms with Crippen LogP contribution in [-0.4, -0.2) is 45.6 Å². The normalized spacial score (nSPS) is 20.0. The second kappa shape index (κ2) is 11.3. The molecular weight excluding hydrogens is 578 g/mol. The van der Waals surface area contributed by atoms with E-state index in [-0.39, 0.29) is 17.8 Å². The van der Waals surface area contributed by atoms with Gasteiger partial charge in [0.25, 0.3) is 5.56 Å². The summed E-state index contributed by atoms with van der Waals surface area (Å²) in [5.74, 6) is 2.34. The number of carbonyl (C=O) groups is 1. The number of likely N-dealkylation sites (tertiary alicyclic amines) is 1. The van der Waals surface area contributed by atoms with Crippen molar-refractivity contribution in [2.45, 2.75) is 63.2 Å². The molecule has 2 unspecified atom stereocenters. The maximum Gasteiger partial charge on any atom is 0.274 e. The van der Waals surface area contributed by atoms with Crippen LogP contribution in [0.1, 0.15) is 86.8 Å². The molecule has 1 saturated heterocycles. The maximum atomic E-state index is 13.5. The van der Waals surface area contributed by atoms with Gasteiger partial charge in [-0.15, -0.1) is 16.4 Å². The van der Waals surface area contributed by atoms with E-state index < -0.39 is 0 Å². The smallest absolute Gasteiger partial charge is 0.274 e. The molecule has 3 aliphatic rings. The number of ketones is 1. The Morgan fingerprint density at radius 3 is 2.56 bits per heavy atom. The Hall–Kier alpha value is -3.33. The highest BCUT2D eigenvalue weighted by atomic mass is 35.5. The highest BCUT2D eigenvalue weighted by molar-refractivity contribution is 7.14. The molecule has 1 N–H and O–H groups in total. The first-order valence-electron chi connectivity index (χ1n) is 15.2. The third-order valence-corrected chi connectivity index (χ3v) is 11.5. The topological polar surface area (TPSA) is 80.1 Å². The first-order chi connectivity index (χ1) is 20.7. The lowest BCUT2D eigenvalue weighted by molar-refractivity contribution is 0.0996. The van der Waals surface area contributed by atoms with Crippen molar-refractivity contribution in [3.05, 3.63) is 90.1 Å². The van der Waals surface area contributed by atoms with Crippen LogP contribution in [0.3, 0.4) is 0 Å². The summed E-state index contributed by atoms with van der Waals surface area (Å²) in [7, 11) is 3.87. The number of rotatable bonds is 7. The van der Waals surface area contributed by atoms with Gasteiger partial charge in [0.1, 0.15) is 5.69 Å². The molecule has 4 aromatic rings. The van der Waals surface area contributed by atoms with Crippen molar-refractivity contribution in [1.82, 2.24) is 19.7 Å². The maximum absolute atomic E-state index is 13.5. The van der Waals surface area contributed by atoms with E-state index in [2.05, 4.69) is 33.5 Å². The average Bonchev–Trinajstić information content (AvgIpc) is 3.73. The van der Waals surface area contributed by atoms with E-state index in [9.17, 15) is 9.59 Å². The zero-order valence-corrected chi connectivity index (χ0v) is 26.4. The quantitative estimate of drug-likeness (QED) is 0.222. The number of aromatic nitrogens is 3. The molecule has 2 atom stereocenters. The number of aryl methyl sites for hydroxylation is 2. The van der Waals surface area contributed by atoms with Crippen LogP contribution in [-0.2, 0) is 13.5 Å². The van der Waals surface area contributed by atoms with Gasteiger partial charge in [-0.25, -0.2) is 0 Å². The predicted octanol–water partition coefficient (Wildman–Crippen LogP) is 7.21. The number of anilines is 2. The number of carbonyl (C=O) groups excluding carboxylic acids is 1.